The number of nitrogens with two attached hydrogens (primary N) is 1. The molecule has 0 radical (unpaired) electrons. The van der Waals surface area contributed by atoms with Crippen LogP contribution in [0.25, 0.3) is 0 Å². The van der Waals surface area contributed by atoms with E-state index >= 15 is 0 Å². The molecule has 1 aliphatic rings. The lowest BCUT2D eigenvalue weighted by Crippen LogP contribution is -2.21. The van der Waals surface area contributed by atoms with Crippen LogP contribution in [0.2, 0.25) is 0 Å². The quantitative estimate of drug-likeness (QED) is 0.594. The molecule has 0 bridgehead atoms. The van der Waals surface area contributed by atoms with Gasteiger partial charge in [0.05, 0.1) is 0 Å². The van der Waals surface area contributed by atoms with Gasteiger partial charge in [-0.15, -0.1) is 0 Å². The van der Waals surface area contributed by atoms with Crippen molar-refractivity contribution in [3.63, 3.8) is 0 Å². The molecule has 1 aliphatic carbocycles. The molecular formula is C9H19N. The normalized spacial score (nSPS) is 35.7. The van der Waals surface area contributed by atoms with Crippen molar-refractivity contribution >= 4 is 0 Å². The minimum absolute atomic E-state index is 0.407. The summed E-state index contributed by atoms with van der Waals surface area (Å²) in [6, 6.07) is 0.407. The lowest BCUT2D eigenvalue weighted by Gasteiger charge is -2.18. The van der Waals surface area contributed by atoms with Crippen molar-refractivity contribution in [2.45, 2.75) is 40.2 Å². The summed E-state index contributed by atoms with van der Waals surface area (Å²) in [5.41, 5.74) is 6.27. The van der Waals surface area contributed by atoms with E-state index in [1.165, 1.54) is 6.42 Å². The van der Waals surface area contributed by atoms with Gasteiger partial charge in [0.25, 0.3) is 0 Å². The maximum Gasteiger partial charge on any atom is 0.00417 e. The highest BCUT2D eigenvalue weighted by Gasteiger charge is 2.46. The van der Waals surface area contributed by atoms with Crippen molar-refractivity contribution in [3.8, 4) is 0 Å². The summed E-state index contributed by atoms with van der Waals surface area (Å²) < 4.78 is 0. The van der Waals surface area contributed by atoms with Gasteiger partial charge in [0.2, 0.25) is 0 Å². The van der Waals surface area contributed by atoms with Crippen molar-refractivity contribution in [2.24, 2.45) is 23.0 Å². The van der Waals surface area contributed by atoms with E-state index in [4.69, 9.17) is 5.73 Å². The third kappa shape index (κ3) is 1.51. The molecule has 3 unspecified atom stereocenters. The Morgan fingerprint density at radius 2 is 1.90 bits per heavy atom. The van der Waals surface area contributed by atoms with Crippen LogP contribution in [-0.2, 0) is 0 Å². The van der Waals surface area contributed by atoms with Crippen molar-refractivity contribution < 1.29 is 0 Å². The molecule has 1 saturated carbocycles. The molecule has 60 valence electrons. The maximum absolute atomic E-state index is 5.78. The zero-order valence-corrected chi connectivity index (χ0v) is 7.52. The monoisotopic (exact) mass is 141 g/mol. The SMILES string of the molecule is CC(N)C1CC1C(C)(C)C. The minimum Gasteiger partial charge on any atom is -0.328 e. The second-order valence-corrected chi connectivity index (χ2v) is 4.73. The Morgan fingerprint density at radius 3 is 2.00 bits per heavy atom. The highest BCUT2D eigenvalue weighted by molar-refractivity contribution is 4.97. The summed E-state index contributed by atoms with van der Waals surface area (Å²) in [5.74, 6) is 1.69. The van der Waals surface area contributed by atoms with Crippen LogP contribution in [0.5, 0.6) is 0 Å². The molecule has 0 aromatic heterocycles. The topological polar surface area (TPSA) is 26.0 Å². The Morgan fingerprint density at radius 1 is 1.40 bits per heavy atom. The third-order valence-corrected chi connectivity index (χ3v) is 2.63. The lowest BCUT2D eigenvalue weighted by molar-refractivity contribution is 0.320. The van der Waals surface area contributed by atoms with Gasteiger partial charge in [-0.05, 0) is 30.6 Å². The molecule has 0 spiro atoms. The predicted molar refractivity (Wildman–Crippen MR) is 44.7 cm³/mol. The molecule has 0 amide bonds. The van der Waals surface area contributed by atoms with Crippen molar-refractivity contribution in [1.82, 2.24) is 0 Å². The summed E-state index contributed by atoms with van der Waals surface area (Å²) >= 11 is 0. The Balaban J connectivity index is 2.39. The average molecular weight is 141 g/mol. The summed E-state index contributed by atoms with van der Waals surface area (Å²) in [6.07, 6.45) is 1.35. The summed E-state index contributed by atoms with van der Waals surface area (Å²) in [7, 11) is 0. The standard InChI is InChI=1S/C9H19N/c1-6(10)7-5-8(7)9(2,3)4/h6-8H,5,10H2,1-4H3. The molecule has 2 N–H and O–H groups in total. The van der Waals surface area contributed by atoms with E-state index in [1.54, 1.807) is 0 Å². The van der Waals surface area contributed by atoms with E-state index in [9.17, 15) is 0 Å². The summed E-state index contributed by atoms with van der Waals surface area (Å²) in [6.45, 7) is 9.04. The van der Waals surface area contributed by atoms with Gasteiger partial charge in [-0.1, -0.05) is 20.8 Å². The van der Waals surface area contributed by atoms with Gasteiger partial charge in [-0.2, -0.15) is 0 Å². The van der Waals surface area contributed by atoms with E-state index in [0.717, 1.165) is 11.8 Å². The smallest absolute Gasteiger partial charge is 0.00417 e. The highest BCUT2D eigenvalue weighted by Crippen LogP contribution is 2.51. The second-order valence-electron chi connectivity index (χ2n) is 4.73. The Bertz CT molecular complexity index is 121. The minimum atomic E-state index is 0.407. The number of hydrogen-bond acceptors (Lipinski definition) is 1. The van der Waals surface area contributed by atoms with E-state index in [2.05, 4.69) is 27.7 Å². The molecule has 10 heavy (non-hydrogen) atoms. The van der Waals surface area contributed by atoms with Gasteiger partial charge in [-0.3, -0.25) is 0 Å². The Kier molecular flexibility index (Phi) is 1.80. The molecule has 0 aliphatic heterocycles. The van der Waals surface area contributed by atoms with Gasteiger partial charge >= 0.3 is 0 Å². The van der Waals surface area contributed by atoms with Crippen LogP contribution in [0.4, 0.5) is 0 Å². The van der Waals surface area contributed by atoms with E-state index in [1.807, 2.05) is 0 Å². The van der Waals surface area contributed by atoms with Gasteiger partial charge in [0, 0.05) is 6.04 Å². The first-order valence-corrected chi connectivity index (χ1v) is 4.18. The molecule has 0 saturated heterocycles. The van der Waals surface area contributed by atoms with Crippen molar-refractivity contribution in [1.29, 1.82) is 0 Å². The van der Waals surface area contributed by atoms with Crippen LogP contribution in [-0.4, -0.2) is 6.04 Å². The van der Waals surface area contributed by atoms with Gasteiger partial charge < -0.3 is 5.73 Å². The van der Waals surface area contributed by atoms with Crippen LogP contribution in [0, 0.1) is 17.3 Å². The van der Waals surface area contributed by atoms with E-state index in [-0.39, 0.29) is 0 Å². The zero-order valence-electron chi connectivity index (χ0n) is 7.52. The van der Waals surface area contributed by atoms with Crippen LogP contribution in [0.3, 0.4) is 0 Å². The highest BCUT2D eigenvalue weighted by atomic mass is 14.7. The molecule has 0 heterocycles. The van der Waals surface area contributed by atoms with Crippen LogP contribution >= 0.6 is 0 Å². The van der Waals surface area contributed by atoms with Crippen molar-refractivity contribution in [3.05, 3.63) is 0 Å². The molecule has 0 aromatic rings. The largest absolute Gasteiger partial charge is 0.328 e. The predicted octanol–water partition coefficient (Wildman–Crippen LogP) is 2.02. The fraction of sp³-hybridized carbons (Fsp3) is 1.00. The average Bonchev–Trinajstić information content (AvgIpc) is 2.35. The lowest BCUT2D eigenvalue weighted by atomic mass is 9.88. The fourth-order valence-corrected chi connectivity index (χ4v) is 1.79. The van der Waals surface area contributed by atoms with Crippen molar-refractivity contribution in [2.75, 3.05) is 0 Å². The molecule has 1 rings (SSSR count). The molecule has 1 heteroatoms. The first kappa shape index (κ1) is 8.06. The second kappa shape index (κ2) is 2.23. The first-order valence-electron chi connectivity index (χ1n) is 4.18. The van der Waals surface area contributed by atoms with Gasteiger partial charge in [0.1, 0.15) is 0 Å². The van der Waals surface area contributed by atoms with Crippen LogP contribution < -0.4 is 5.73 Å². The molecule has 1 nitrogen and oxygen atoms in total. The number of hydrogen-bond donors (Lipinski definition) is 1. The molecule has 3 atom stereocenters. The third-order valence-electron chi connectivity index (χ3n) is 2.63. The van der Waals surface area contributed by atoms with E-state index in [0.29, 0.717) is 11.5 Å². The van der Waals surface area contributed by atoms with Gasteiger partial charge in [-0.25, -0.2) is 0 Å². The zero-order chi connectivity index (χ0) is 7.94. The molecular weight excluding hydrogens is 122 g/mol. The van der Waals surface area contributed by atoms with Crippen LogP contribution in [0.15, 0.2) is 0 Å². The van der Waals surface area contributed by atoms with Gasteiger partial charge in [0.15, 0.2) is 0 Å². The van der Waals surface area contributed by atoms with Crippen LogP contribution in [0.1, 0.15) is 34.1 Å². The molecule has 0 aromatic carbocycles. The number of rotatable bonds is 1. The first-order chi connectivity index (χ1) is 4.43. The maximum atomic E-state index is 5.78. The molecule has 1 fully saturated rings. The summed E-state index contributed by atoms with van der Waals surface area (Å²) in [4.78, 5) is 0. The van der Waals surface area contributed by atoms with E-state index < -0.39 is 0 Å². The Hall–Kier alpha value is -0.0400. The fourth-order valence-electron chi connectivity index (χ4n) is 1.79. The summed E-state index contributed by atoms with van der Waals surface area (Å²) in [5, 5.41) is 0. The Labute approximate surface area is 64.0 Å².